The Balaban J connectivity index is 1.98. The van der Waals surface area contributed by atoms with E-state index < -0.39 is 21.9 Å². The fraction of sp³-hybridized carbons (Fsp3) is 0.158. The molecule has 160 valence electrons. The Hall–Kier alpha value is -3.54. The number of fused-ring (bicyclic) bond motifs is 1. The van der Waals surface area contributed by atoms with Gasteiger partial charge in [0.25, 0.3) is 0 Å². The molecule has 0 aliphatic rings. The molecular formula is C19H14F3N5O3S. The number of imidazole rings is 1. The van der Waals surface area contributed by atoms with Crippen LogP contribution in [-0.2, 0) is 9.84 Å². The quantitative estimate of drug-likeness (QED) is 0.440. The molecule has 4 aromatic rings. The van der Waals surface area contributed by atoms with Crippen molar-refractivity contribution in [2.45, 2.75) is 18.4 Å². The van der Waals surface area contributed by atoms with Gasteiger partial charge in [-0.1, -0.05) is 12.1 Å². The van der Waals surface area contributed by atoms with E-state index in [2.05, 4.69) is 24.7 Å². The van der Waals surface area contributed by atoms with Gasteiger partial charge in [-0.3, -0.25) is 9.38 Å². The van der Waals surface area contributed by atoms with E-state index in [1.807, 2.05) is 0 Å². The summed E-state index contributed by atoms with van der Waals surface area (Å²) in [6.45, 7) is 1.72. The molecule has 0 aliphatic heterocycles. The zero-order valence-corrected chi connectivity index (χ0v) is 16.9. The molecule has 0 N–H and O–H groups in total. The molecule has 3 heterocycles. The van der Waals surface area contributed by atoms with Crippen molar-refractivity contribution in [1.29, 1.82) is 0 Å². The summed E-state index contributed by atoms with van der Waals surface area (Å²) in [5, 5.41) is -0.383. The minimum absolute atomic E-state index is 0.227. The van der Waals surface area contributed by atoms with Crippen LogP contribution in [0.3, 0.4) is 0 Å². The molecule has 0 unspecified atom stereocenters. The molecule has 0 saturated heterocycles. The fourth-order valence-corrected chi connectivity index (χ4v) is 3.56. The van der Waals surface area contributed by atoms with E-state index in [-0.39, 0.29) is 16.5 Å². The van der Waals surface area contributed by atoms with E-state index in [9.17, 15) is 21.6 Å². The molecule has 0 fully saturated rings. The van der Waals surface area contributed by atoms with E-state index in [0.717, 1.165) is 6.26 Å². The summed E-state index contributed by atoms with van der Waals surface area (Å²) in [5.74, 6) is -0.414. The van der Waals surface area contributed by atoms with Gasteiger partial charge in [0.15, 0.2) is 5.65 Å². The number of benzene rings is 1. The minimum atomic E-state index is -4.85. The highest BCUT2D eigenvalue weighted by atomic mass is 32.2. The molecule has 0 spiro atoms. The lowest BCUT2D eigenvalue weighted by molar-refractivity contribution is -0.274. The van der Waals surface area contributed by atoms with Crippen molar-refractivity contribution >= 4 is 15.5 Å². The molecule has 0 aliphatic carbocycles. The second-order valence-corrected chi connectivity index (χ2v) is 8.50. The van der Waals surface area contributed by atoms with Gasteiger partial charge in [0.05, 0.1) is 22.8 Å². The van der Waals surface area contributed by atoms with Crippen LogP contribution in [0.5, 0.6) is 5.75 Å². The summed E-state index contributed by atoms with van der Waals surface area (Å²) in [4.78, 5) is 16.7. The van der Waals surface area contributed by atoms with Gasteiger partial charge in [-0.05, 0) is 25.1 Å². The Morgan fingerprint density at radius 1 is 1.06 bits per heavy atom. The zero-order valence-electron chi connectivity index (χ0n) is 16.1. The largest absolute Gasteiger partial charge is 0.573 e. The minimum Gasteiger partial charge on any atom is -0.406 e. The van der Waals surface area contributed by atoms with Crippen LogP contribution in [-0.4, -0.2) is 45.4 Å². The number of halogens is 3. The molecule has 8 nitrogen and oxygen atoms in total. The smallest absolute Gasteiger partial charge is 0.406 e. The van der Waals surface area contributed by atoms with Crippen LogP contribution < -0.4 is 4.74 Å². The molecule has 0 bridgehead atoms. The molecule has 12 heteroatoms. The molecule has 4 rings (SSSR count). The van der Waals surface area contributed by atoms with E-state index in [1.165, 1.54) is 36.7 Å². The average molecular weight is 449 g/mol. The summed E-state index contributed by atoms with van der Waals surface area (Å²) in [6.07, 6.45) is 0.552. The van der Waals surface area contributed by atoms with Crippen molar-refractivity contribution in [1.82, 2.24) is 24.3 Å². The number of rotatable bonds is 4. The van der Waals surface area contributed by atoms with Gasteiger partial charge in [-0.15, -0.1) is 13.2 Å². The third-order valence-electron chi connectivity index (χ3n) is 4.27. The molecule has 0 amide bonds. The maximum Gasteiger partial charge on any atom is 0.573 e. The predicted octanol–water partition coefficient (Wildman–Crippen LogP) is 3.46. The molecule has 0 radical (unpaired) electrons. The summed E-state index contributed by atoms with van der Waals surface area (Å²) in [6, 6.07) is 6.83. The normalized spacial score (nSPS) is 12.3. The molecule has 0 saturated carbocycles. The monoisotopic (exact) mass is 449 g/mol. The molecule has 3 aromatic heterocycles. The number of sulfone groups is 1. The van der Waals surface area contributed by atoms with E-state index >= 15 is 0 Å². The lowest BCUT2D eigenvalue weighted by Gasteiger charge is -2.10. The van der Waals surface area contributed by atoms with Gasteiger partial charge in [0.2, 0.25) is 15.0 Å². The standard InChI is InChI=1S/C19H14F3N5O3S/c1-11-17-26-15(12-4-3-5-13(10-12)30-19(20,21)22)16(27(17)9-8-23-11)14-6-7-24-18(25-14)31(2,28)29/h3-10H,1-2H3. The van der Waals surface area contributed by atoms with Crippen LogP contribution in [0, 0.1) is 6.92 Å². The topological polar surface area (TPSA) is 99.3 Å². The van der Waals surface area contributed by atoms with Gasteiger partial charge >= 0.3 is 6.36 Å². The Bertz CT molecular complexity index is 1400. The third kappa shape index (κ3) is 4.19. The SMILES string of the molecule is Cc1nccn2c(-c3ccnc(S(C)(=O)=O)n3)c(-c3cccc(OC(F)(F)F)c3)nc12. The van der Waals surface area contributed by atoms with Crippen LogP contribution in [0.1, 0.15) is 5.69 Å². The van der Waals surface area contributed by atoms with Crippen molar-refractivity contribution in [2.75, 3.05) is 6.26 Å². The van der Waals surface area contributed by atoms with Crippen molar-refractivity contribution in [3.63, 3.8) is 0 Å². The first kappa shape index (κ1) is 20.7. The lowest BCUT2D eigenvalue weighted by atomic mass is 10.1. The number of ether oxygens (including phenoxy) is 1. The van der Waals surface area contributed by atoms with Gasteiger partial charge < -0.3 is 4.74 Å². The molecule has 31 heavy (non-hydrogen) atoms. The van der Waals surface area contributed by atoms with Gasteiger partial charge in [-0.2, -0.15) is 0 Å². The highest BCUT2D eigenvalue weighted by Crippen LogP contribution is 2.35. The first-order valence-corrected chi connectivity index (χ1v) is 10.7. The molecule has 1 aromatic carbocycles. The van der Waals surface area contributed by atoms with Gasteiger partial charge in [-0.25, -0.2) is 23.4 Å². The number of hydrogen-bond acceptors (Lipinski definition) is 7. The summed E-state index contributed by atoms with van der Waals surface area (Å²) >= 11 is 0. The maximum absolute atomic E-state index is 12.7. The average Bonchev–Trinajstić information content (AvgIpc) is 3.07. The molecule has 0 atom stereocenters. The van der Waals surface area contributed by atoms with E-state index in [0.29, 0.717) is 22.6 Å². The first-order valence-electron chi connectivity index (χ1n) is 8.76. The summed E-state index contributed by atoms with van der Waals surface area (Å²) < 4.78 is 67.5. The van der Waals surface area contributed by atoms with Crippen LogP contribution >= 0.6 is 0 Å². The van der Waals surface area contributed by atoms with Crippen molar-refractivity contribution in [3.8, 4) is 28.4 Å². The van der Waals surface area contributed by atoms with E-state index in [4.69, 9.17) is 0 Å². The van der Waals surface area contributed by atoms with Crippen molar-refractivity contribution in [3.05, 3.63) is 54.6 Å². The van der Waals surface area contributed by atoms with Crippen LogP contribution in [0.25, 0.3) is 28.3 Å². The van der Waals surface area contributed by atoms with Crippen LogP contribution in [0.2, 0.25) is 0 Å². The van der Waals surface area contributed by atoms with Crippen LogP contribution in [0.4, 0.5) is 13.2 Å². The Labute approximate surface area is 174 Å². The lowest BCUT2D eigenvalue weighted by Crippen LogP contribution is -2.17. The van der Waals surface area contributed by atoms with E-state index in [1.54, 1.807) is 23.6 Å². The fourth-order valence-electron chi connectivity index (χ4n) is 3.04. The first-order chi connectivity index (χ1) is 14.5. The van der Waals surface area contributed by atoms with Crippen molar-refractivity contribution < 1.29 is 26.3 Å². The molecular weight excluding hydrogens is 435 g/mol. The van der Waals surface area contributed by atoms with Crippen LogP contribution in [0.15, 0.2) is 54.1 Å². The zero-order chi connectivity index (χ0) is 22.4. The number of nitrogens with zero attached hydrogens (tertiary/aromatic N) is 5. The predicted molar refractivity (Wildman–Crippen MR) is 104 cm³/mol. The highest BCUT2D eigenvalue weighted by Gasteiger charge is 2.31. The van der Waals surface area contributed by atoms with Gasteiger partial charge in [0, 0.05) is 30.4 Å². The highest BCUT2D eigenvalue weighted by molar-refractivity contribution is 7.90. The Morgan fingerprint density at radius 2 is 1.84 bits per heavy atom. The summed E-state index contributed by atoms with van der Waals surface area (Å²) in [7, 11) is -3.69. The second kappa shape index (κ2) is 7.30. The second-order valence-electron chi connectivity index (χ2n) is 6.59. The maximum atomic E-state index is 12.7. The number of alkyl halides is 3. The van der Waals surface area contributed by atoms with Gasteiger partial charge in [0.1, 0.15) is 5.75 Å². The number of aromatic nitrogens is 5. The third-order valence-corrected chi connectivity index (χ3v) is 5.13. The number of hydrogen-bond donors (Lipinski definition) is 0. The van der Waals surface area contributed by atoms with Crippen molar-refractivity contribution in [2.24, 2.45) is 0 Å². The number of aryl methyl sites for hydroxylation is 1. The summed E-state index contributed by atoms with van der Waals surface area (Å²) in [5.41, 5.74) is 2.20. The Morgan fingerprint density at radius 3 is 2.55 bits per heavy atom. The Kier molecular flexibility index (Phi) is 4.88.